The number of aryl methyl sites for hydroxylation is 1. The summed E-state index contributed by atoms with van der Waals surface area (Å²) in [6.45, 7) is 0. The first-order valence-corrected chi connectivity index (χ1v) is 6.57. The average molecular weight is 288 g/mol. The number of carbonyl (C=O) groups is 1. The fourth-order valence-corrected chi connectivity index (χ4v) is 1.97. The maximum Gasteiger partial charge on any atom is 0.224 e. The number of amides is 1. The molecule has 4 nitrogen and oxygen atoms in total. The highest BCUT2D eigenvalue weighted by atomic mass is 19.1. The van der Waals surface area contributed by atoms with Crippen molar-refractivity contribution in [1.82, 2.24) is 0 Å². The van der Waals surface area contributed by atoms with Gasteiger partial charge in [-0.3, -0.25) is 4.79 Å². The largest absolute Gasteiger partial charge is 0.495 e. The van der Waals surface area contributed by atoms with Crippen molar-refractivity contribution >= 4 is 17.3 Å². The first-order chi connectivity index (χ1) is 10.1. The Morgan fingerprint density at radius 3 is 2.71 bits per heavy atom. The van der Waals surface area contributed by atoms with Gasteiger partial charge in [0.15, 0.2) is 0 Å². The molecule has 0 saturated heterocycles. The monoisotopic (exact) mass is 288 g/mol. The van der Waals surface area contributed by atoms with E-state index in [1.807, 2.05) is 6.07 Å². The number of nitrogens with one attached hydrogen (secondary N) is 1. The van der Waals surface area contributed by atoms with Gasteiger partial charge in [-0.05, 0) is 36.2 Å². The number of nitrogen functional groups attached to an aromatic ring is 1. The topological polar surface area (TPSA) is 64.3 Å². The van der Waals surface area contributed by atoms with Crippen LogP contribution >= 0.6 is 0 Å². The standard InChI is InChI=1S/C16H17FN2O2/c1-21-15-8-6-11(10-13(15)18)7-9-16(20)19-14-5-3-2-4-12(14)17/h2-6,8,10H,7,9,18H2,1H3,(H,19,20). The zero-order valence-corrected chi connectivity index (χ0v) is 11.7. The van der Waals surface area contributed by atoms with E-state index in [1.54, 1.807) is 31.4 Å². The van der Waals surface area contributed by atoms with Crippen molar-refractivity contribution in [1.29, 1.82) is 0 Å². The van der Waals surface area contributed by atoms with Crippen molar-refractivity contribution in [3.05, 3.63) is 53.8 Å². The quantitative estimate of drug-likeness (QED) is 0.831. The zero-order chi connectivity index (χ0) is 15.2. The molecule has 0 aliphatic rings. The Morgan fingerprint density at radius 2 is 2.05 bits per heavy atom. The summed E-state index contributed by atoms with van der Waals surface area (Å²) in [7, 11) is 1.55. The summed E-state index contributed by atoms with van der Waals surface area (Å²) < 4.78 is 18.5. The number of benzene rings is 2. The lowest BCUT2D eigenvalue weighted by Gasteiger charge is -2.08. The Bertz CT molecular complexity index is 644. The van der Waals surface area contributed by atoms with Gasteiger partial charge in [-0.1, -0.05) is 18.2 Å². The molecule has 0 saturated carbocycles. The zero-order valence-electron chi connectivity index (χ0n) is 11.7. The van der Waals surface area contributed by atoms with Gasteiger partial charge in [0, 0.05) is 6.42 Å². The number of carbonyl (C=O) groups excluding carboxylic acids is 1. The molecule has 0 atom stereocenters. The summed E-state index contributed by atoms with van der Waals surface area (Å²) in [6.07, 6.45) is 0.772. The molecule has 0 radical (unpaired) electrons. The van der Waals surface area contributed by atoms with Crippen LogP contribution in [0.15, 0.2) is 42.5 Å². The Balaban J connectivity index is 1.92. The van der Waals surface area contributed by atoms with Crippen molar-refractivity contribution in [2.45, 2.75) is 12.8 Å². The third-order valence-electron chi connectivity index (χ3n) is 3.08. The number of hydrogen-bond acceptors (Lipinski definition) is 3. The number of hydrogen-bond donors (Lipinski definition) is 2. The molecule has 2 rings (SSSR count). The second kappa shape index (κ2) is 6.74. The summed E-state index contributed by atoms with van der Waals surface area (Å²) >= 11 is 0. The molecule has 0 spiro atoms. The van der Waals surface area contributed by atoms with Crippen molar-refractivity contribution < 1.29 is 13.9 Å². The third kappa shape index (κ3) is 3.95. The lowest BCUT2D eigenvalue weighted by molar-refractivity contribution is -0.116. The number of rotatable bonds is 5. The maximum atomic E-state index is 13.4. The Labute approximate surface area is 122 Å². The van der Waals surface area contributed by atoms with Gasteiger partial charge in [-0.15, -0.1) is 0 Å². The highest BCUT2D eigenvalue weighted by Crippen LogP contribution is 2.22. The van der Waals surface area contributed by atoms with E-state index in [0.717, 1.165) is 5.56 Å². The van der Waals surface area contributed by atoms with E-state index < -0.39 is 5.82 Å². The molecule has 1 amide bonds. The fourth-order valence-electron chi connectivity index (χ4n) is 1.97. The minimum atomic E-state index is -0.445. The van der Waals surface area contributed by atoms with Crippen LogP contribution in [0.5, 0.6) is 5.75 Å². The van der Waals surface area contributed by atoms with Crippen LogP contribution in [0.1, 0.15) is 12.0 Å². The Morgan fingerprint density at radius 1 is 1.29 bits per heavy atom. The molecule has 21 heavy (non-hydrogen) atoms. The third-order valence-corrected chi connectivity index (χ3v) is 3.08. The summed E-state index contributed by atoms with van der Waals surface area (Å²) in [5.41, 5.74) is 7.46. The molecule has 2 aromatic rings. The van der Waals surface area contributed by atoms with E-state index in [-0.39, 0.29) is 18.0 Å². The van der Waals surface area contributed by atoms with Crippen LogP contribution in [0.4, 0.5) is 15.8 Å². The fraction of sp³-hybridized carbons (Fsp3) is 0.188. The predicted octanol–water partition coefficient (Wildman–Crippen LogP) is 2.99. The van der Waals surface area contributed by atoms with Crippen molar-refractivity contribution in [2.24, 2.45) is 0 Å². The minimum Gasteiger partial charge on any atom is -0.495 e. The van der Waals surface area contributed by atoms with Crippen LogP contribution < -0.4 is 15.8 Å². The SMILES string of the molecule is COc1ccc(CCC(=O)Nc2ccccc2F)cc1N. The summed E-state index contributed by atoms with van der Waals surface area (Å²) in [6, 6.07) is 11.5. The Hall–Kier alpha value is -2.56. The molecule has 0 bridgehead atoms. The molecule has 110 valence electrons. The van der Waals surface area contributed by atoms with Gasteiger partial charge in [0.05, 0.1) is 18.5 Å². The number of anilines is 2. The number of nitrogens with two attached hydrogens (primary N) is 1. The molecule has 0 unspecified atom stereocenters. The van der Waals surface area contributed by atoms with E-state index in [1.165, 1.54) is 12.1 Å². The van der Waals surface area contributed by atoms with Crippen LogP contribution in [0, 0.1) is 5.82 Å². The van der Waals surface area contributed by atoms with Crippen LogP contribution in [0.3, 0.4) is 0 Å². The molecular formula is C16H17FN2O2. The number of halogens is 1. The lowest BCUT2D eigenvalue weighted by atomic mass is 10.1. The van der Waals surface area contributed by atoms with Crippen LogP contribution in [0.25, 0.3) is 0 Å². The molecule has 2 aromatic carbocycles. The van der Waals surface area contributed by atoms with Gasteiger partial charge < -0.3 is 15.8 Å². The van der Waals surface area contributed by atoms with Gasteiger partial charge in [-0.2, -0.15) is 0 Å². The molecule has 0 aliphatic carbocycles. The smallest absolute Gasteiger partial charge is 0.224 e. The van der Waals surface area contributed by atoms with Gasteiger partial charge in [0.2, 0.25) is 5.91 Å². The predicted molar refractivity (Wildman–Crippen MR) is 80.8 cm³/mol. The highest BCUT2D eigenvalue weighted by Gasteiger charge is 2.07. The molecule has 0 aromatic heterocycles. The minimum absolute atomic E-state index is 0.191. The van der Waals surface area contributed by atoms with E-state index in [9.17, 15) is 9.18 Å². The molecular weight excluding hydrogens is 271 g/mol. The second-order valence-electron chi connectivity index (χ2n) is 4.60. The Kier molecular flexibility index (Phi) is 4.77. The molecule has 0 aliphatic heterocycles. The van der Waals surface area contributed by atoms with Crippen LogP contribution in [-0.2, 0) is 11.2 Å². The molecule has 0 heterocycles. The lowest BCUT2D eigenvalue weighted by Crippen LogP contribution is -2.13. The molecule has 3 N–H and O–H groups in total. The van der Waals surface area contributed by atoms with Gasteiger partial charge in [0.1, 0.15) is 11.6 Å². The van der Waals surface area contributed by atoms with Crippen molar-refractivity contribution in [2.75, 3.05) is 18.2 Å². The van der Waals surface area contributed by atoms with Crippen molar-refractivity contribution in [3.8, 4) is 5.75 Å². The summed E-state index contributed by atoms with van der Waals surface area (Å²) in [4.78, 5) is 11.8. The summed E-state index contributed by atoms with van der Waals surface area (Å²) in [5.74, 6) is -0.0800. The first kappa shape index (κ1) is 14.8. The van der Waals surface area contributed by atoms with Crippen molar-refractivity contribution in [3.63, 3.8) is 0 Å². The van der Waals surface area contributed by atoms with Gasteiger partial charge in [-0.25, -0.2) is 4.39 Å². The number of methoxy groups -OCH3 is 1. The normalized spacial score (nSPS) is 10.2. The first-order valence-electron chi connectivity index (χ1n) is 6.57. The van der Waals surface area contributed by atoms with E-state index in [0.29, 0.717) is 17.9 Å². The number of para-hydroxylation sites is 1. The molecule has 0 fully saturated rings. The molecule has 5 heteroatoms. The van der Waals surface area contributed by atoms with E-state index >= 15 is 0 Å². The van der Waals surface area contributed by atoms with Crippen LogP contribution in [0.2, 0.25) is 0 Å². The van der Waals surface area contributed by atoms with Gasteiger partial charge >= 0.3 is 0 Å². The van der Waals surface area contributed by atoms with Gasteiger partial charge in [0.25, 0.3) is 0 Å². The van der Waals surface area contributed by atoms with E-state index in [4.69, 9.17) is 10.5 Å². The maximum absolute atomic E-state index is 13.4. The average Bonchev–Trinajstić information content (AvgIpc) is 2.48. The summed E-state index contributed by atoms with van der Waals surface area (Å²) in [5, 5.41) is 2.55. The highest BCUT2D eigenvalue weighted by molar-refractivity contribution is 5.90. The number of ether oxygens (including phenoxy) is 1. The van der Waals surface area contributed by atoms with Crippen LogP contribution in [-0.4, -0.2) is 13.0 Å². The second-order valence-corrected chi connectivity index (χ2v) is 4.60. The van der Waals surface area contributed by atoms with E-state index in [2.05, 4.69) is 5.32 Å².